The molecule has 2 aromatic carbocycles. The van der Waals surface area contributed by atoms with Crippen molar-refractivity contribution in [1.82, 2.24) is 0 Å². The first-order chi connectivity index (χ1) is 9.69. The van der Waals surface area contributed by atoms with Crippen molar-refractivity contribution >= 4 is 34.2 Å². The number of carboxylic acid groups (broad SMARTS) is 1. The number of aliphatic carboxylic acids is 1. The van der Waals surface area contributed by atoms with E-state index in [1.165, 1.54) is 6.07 Å². The molecule has 0 saturated heterocycles. The summed E-state index contributed by atoms with van der Waals surface area (Å²) in [7, 11) is 0. The van der Waals surface area contributed by atoms with Crippen LogP contribution in [0, 0.1) is 0 Å². The Morgan fingerprint density at radius 1 is 1.25 bits per heavy atom. The Morgan fingerprint density at radius 2 is 2.05 bits per heavy atom. The van der Waals surface area contributed by atoms with Gasteiger partial charge in [0.25, 0.3) is 0 Å². The standard InChI is InChI=1S/C15H10O5/c16-7-9-5-12(19-8-14(17)18)15-10-3-1-2-4-11(10)20-13(15)6-9/h1-7H,8H2,(H,17,18). The fraction of sp³-hybridized carbons (Fsp3) is 0.0667. The molecule has 20 heavy (non-hydrogen) atoms. The van der Waals surface area contributed by atoms with Gasteiger partial charge in [0.05, 0.1) is 5.39 Å². The minimum atomic E-state index is -1.08. The molecule has 0 unspecified atom stereocenters. The zero-order valence-electron chi connectivity index (χ0n) is 10.3. The van der Waals surface area contributed by atoms with E-state index in [9.17, 15) is 9.59 Å². The lowest BCUT2D eigenvalue weighted by molar-refractivity contribution is -0.139. The molecule has 0 saturated carbocycles. The summed E-state index contributed by atoms with van der Waals surface area (Å²) >= 11 is 0. The van der Waals surface area contributed by atoms with Crippen LogP contribution in [0.2, 0.25) is 0 Å². The molecule has 1 heterocycles. The van der Waals surface area contributed by atoms with Gasteiger partial charge in [-0.1, -0.05) is 18.2 Å². The first-order valence-electron chi connectivity index (χ1n) is 5.94. The highest BCUT2D eigenvalue weighted by Crippen LogP contribution is 2.36. The zero-order valence-corrected chi connectivity index (χ0v) is 10.3. The number of ether oxygens (including phenoxy) is 1. The van der Waals surface area contributed by atoms with Crippen LogP contribution in [0.15, 0.2) is 40.8 Å². The number of hydrogen-bond acceptors (Lipinski definition) is 4. The number of aldehydes is 1. The van der Waals surface area contributed by atoms with Crippen LogP contribution >= 0.6 is 0 Å². The average molecular weight is 270 g/mol. The van der Waals surface area contributed by atoms with Crippen LogP contribution < -0.4 is 4.74 Å². The smallest absolute Gasteiger partial charge is 0.341 e. The highest BCUT2D eigenvalue weighted by Gasteiger charge is 2.14. The first-order valence-corrected chi connectivity index (χ1v) is 5.94. The van der Waals surface area contributed by atoms with Crippen LogP contribution in [0.1, 0.15) is 10.4 Å². The van der Waals surface area contributed by atoms with E-state index in [0.717, 1.165) is 5.39 Å². The third-order valence-corrected chi connectivity index (χ3v) is 2.95. The van der Waals surface area contributed by atoms with Crippen molar-refractivity contribution in [3.8, 4) is 5.75 Å². The maximum Gasteiger partial charge on any atom is 0.341 e. The minimum Gasteiger partial charge on any atom is -0.481 e. The van der Waals surface area contributed by atoms with E-state index < -0.39 is 12.6 Å². The van der Waals surface area contributed by atoms with E-state index >= 15 is 0 Å². The molecule has 3 rings (SSSR count). The van der Waals surface area contributed by atoms with Gasteiger partial charge in [0.2, 0.25) is 0 Å². The molecular formula is C15H10O5. The second-order valence-corrected chi connectivity index (χ2v) is 4.29. The third kappa shape index (κ3) is 1.99. The number of fused-ring (bicyclic) bond motifs is 3. The van der Waals surface area contributed by atoms with Crippen LogP contribution in [0.25, 0.3) is 21.9 Å². The van der Waals surface area contributed by atoms with Crippen LogP contribution in [-0.4, -0.2) is 24.0 Å². The average Bonchev–Trinajstić information content (AvgIpc) is 2.82. The molecule has 3 aromatic rings. The summed E-state index contributed by atoms with van der Waals surface area (Å²) in [5.41, 5.74) is 1.53. The van der Waals surface area contributed by atoms with Gasteiger partial charge in [0, 0.05) is 10.9 Å². The van der Waals surface area contributed by atoms with E-state index in [0.29, 0.717) is 34.2 Å². The molecule has 0 radical (unpaired) electrons. The van der Waals surface area contributed by atoms with Crippen molar-refractivity contribution in [3.05, 3.63) is 42.0 Å². The number of benzene rings is 2. The Bertz CT molecular complexity index is 816. The molecule has 0 aliphatic rings. The van der Waals surface area contributed by atoms with Crippen molar-refractivity contribution in [3.63, 3.8) is 0 Å². The van der Waals surface area contributed by atoms with Gasteiger partial charge in [-0.2, -0.15) is 0 Å². The quantitative estimate of drug-likeness (QED) is 0.737. The first kappa shape index (κ1) is 12.2. The Labute approximate surface area is 113 Å². The van der Waals surface area contributed by atoms with Crippen LogP contribution in [0.3, 0.4) is 0 Å². The number of rotatable bonds is 4. The Morgan fingerprint density at radius 3 is 2.80 bits per heavy atom. The lowest BCUT2D eigenvalue weighted by Gasteiger charge is -2.05. The predicted octanol–water partition coefficient (Wildman–Crippen LogP) is 2.86. The topological polar surface area (TPSA) is 76.7 Å². The van der Waals surface area contributed by atoms with Crippen LogP contribution in [0.5, 0.6) is 5.75 Å². The summed E-state index contributed by atoms with van der Waals surface area (Å²) in [6.07, 6.45) is 0.667. The molecule has 1 aromatic heterocycles. The van der Waals surface area contributed by atoms with Crippen molar-refractivity contribution in [1.29, 1.82) is 0 Å². The third-order valence-electron chi connectivity index (χ3n) is 2.95. The zero-order chi connectivity index (χ0) is 14.1. The molecule has 1 N–H and O–H groups in total. The lowest BCUT2D eigenvalue weighted by Crippen LogP contribution is -2.09. The summed E-state index contributed by atoms with van der Waals surface area (Å²) in [5.74, 6) is -0.751. The second kappa shape index (κ2) is 4.70. The molecule has 0 aliphatic heterocycles. The van der Waals surface area contributed by atoms with E-state index in [1.54, 1.807) is 12.1 Å². The van der Waals surface area contributed by atoms with E-state index in [4.69, 9.17) is 14.3 Å². The molecule has 5 nitrogen and oxygen atoms in total. The van der Waals surface area contributed by atoms with E-state index in [-0.39, 0.29) is 0 Å². The number of furan rings is 1. The van der Waals surface area contributed by atoms with Crippen molar-refractivity contribution < 1.29 is 23.8 Å². The molecule has 0 fully saturated rings. The molecule has 5 heteroatoms. The maximum absolute atomic E-state index is 10.9. The molecular weight excluding hydrogens is 260 g/mol. The van der Waals surface area contributed by atoms with Gasteiger partial charge in [-0.15, -0.1) is 0 Å². The monoisotopic (exact) mass is 270 g/mol. The van der Waals surface area contributed by atoms with Gasteiger partial charge < -0.3 is 14.3 Å². The summed E-state index contributed by atoms with van der Waals surface area (Å²) in [6, 6.07) is 10.5. The van der Waals surface area contributed by atoms with Gasteiger partial charge in [0.15, 0.2) is 6.61 Å². The van der Waals surface area contributed by atoms with Gasteiger partial charge in [-0.3, -0.25) is 4.79 Å². The Kier molecular flexibility index (Phi) is 2.87. The second-order valence-electron chi connectivity index (χ2n) is 4.29. The van der Waals surface area contributed by atoms with Crippen molar-refractivity contribution in [2.24, 2.45) is 0 Å². The highest BCUT2D eigenvalue weighted by molar-refractivity contribution is 6.09. The van der Waals surface area contributed by atoms with E-state index in [2.05, 4.69) is 0 Å². The van der Waals surface area contributed by atoms with Crippen molar-refractivity contribution in [2.45, 2.75) is 0 Å². The molecule has 0 spiro atoms. The Hall–Kier alpha value is -2.82. The Balaban J connectivity index is 2.28. The molecule has 0 amide bonds. The van der Waals surface area contributed by atoms with Gasteiger partial charge in [-0.05, 0) is 18.2 Å². The highest BCUT2D eigenvalue weighted by atomic mass is 16.5. The number of carbonyl (C=O) groups is 2. The fourth-order valence-corrected chi connectivity index (χ4v) is 2.16. The molecule has 0 bridgehead atoms. The predicted molar refractivity (Wildman–Crippen MR) is 72.2 cm³/mol. The molecule has 100 valence electrons. The number of carboxylic acids is 1. The van der Waals surface area contributed by atoms with Crippen LogP contribution in [0.4, 0.5) is 0 Å². The minimum absolute atomic E-state index is 0.331. The van der Waals surface area contributed by atoms with Crippen molar-refractivity contribution in [2.75, 3.05) is 6.61 Å². The SMILES string of the molecule is O=Cc1cc(OCC(=O)O)c2c(c1)oc1ccccc12. The summed E-state index contributed by atoms with van der Waals surface area (Å²) < 4.78 is 10.9. The van der Waals surface area contributed by atoms with Crippen LogP contribution in [-0.2, 0) is 4.79 Å². The lowest BCUT2D eigenvalue weighted by atomic mass is 10.1. The summed E-state index contributed by atoms with van der Waals surface area (Å²) in [5, 5.41) is 10.2. The largest absolute Gasteiger partial charge is 0.481 e. The summed E-state index contributed by atoms with van der Waals surface area (Å²) in [4.78, 5) is 21.6. The van der Waals surface area contributed by atoms with Gasteiger partial charge in [-0.25, -0.2) is 4.79 Å². The van der Waals surface area contributed by atoms with Gasteiger partial charge in [0.1, 0.15) is 23.2 Å². The van der Waals surface area contributed by atoms with E-state index in [1.807, 2.05) is 18.2 Å². The summed E-state index contributed by atoms with van der Waals surface area (Å²) in [6.45, 7) is -0.475. The molecule has 0 atom stereocenters. The number of hydrogen-bond donors (Lipinski definition) is 1. The number of carbonyl (C=O) groups excluding carboxylic acids is 1. The van der Waals surface area contributed by atoms with Gasteiger partial charge >= 0.3 is 5.97 Å². The number of para-hydroxylation sites is 1. The normalized spacial score (nSPS) is 10.8. The molecule has 0 aliphatic carbocycles. The maximum atomic E-state index is 10.9. The fourth-order valence-electron chi connectivity index (χ4n) is 2.16.